The maximum absolute atomic E-state index is 13.5. The average molecular weight is 404 g/mol. The Morgan fingerprint density at radius 3 is 2.46 bits per heavy atom. The SMILES string of the molecule is CC(C)C[C@H]1N[C@]2(C(=O)Nc3ccc(Cl)cc32)[C@@H]2C(=O)N(C(C)(C)C)C(=O)[C@@H]21. The summed E-state index contributed by atoms with van der Waals surface area (Å²) in [5.41, 5.74) is -0.616. The van der Waals surface area contributed by atoms with Crippen LogP contribution in [0.3, 0.4) is 0 Å². The minimum atomic E-state index is -1.27. The maximum Gasteiger partial charge on any atom is 0.250 e. The molecular formula is C21H26ClN3O3. The van der Waals surface area contributed by atoms with E-state index in [1.165, 1.54) is 4.90 Å². The van der Waals surface area contributed by atoms with Crippen molar-refractivity contribution < 1.29 is 14.4 Å². The molecule has 0 unspecified atom stereocenters. The summed E-state index contributed by atoms with van der Waals surface area (Å²) in [6.07, 6.45) is 0.698. The highest BCUT2D eigenvalue weighted by molar-refractivity contribution is 6.31. The highest BCUT2D eigenvalue weighted by Gasteiger charge is 2.71. The third-order valence-electron chi connectivity index (χ3n) is 6.07. The number of carbonyl (C=O) groups is 3. The van der Waals surface area contributed by atoms with E-state index in [2.05, 4.69) is 24.5 Å². The number of amides is 3. The first-order valence-corrected chi connectivity index (χ1v) is 10.1. The van der Waals surface area contributed by atoms with E-state index < -0.39 is 22.9 Å². The van der Waals surface area contributed by atoms with Crippen LogP contribution in [0.15, 0.2) is 18.2 Å². The van der Waals surface area contributed by atoms with Gasteiger partial charge in [-0.05, 0) is 51.3 Å². The molecule has 2 saturated heterocycles. The van der Waals surface area contributed by atoms with E-state index in [4.69, 9.17) is 11.6 Å². The van der Waals surface area contributed by atoms with Crippen LogP contribution in [0.5, 0.6) is 0 Å². The Hall–Kier alpha value is -1.92. The normalized spacial score (nSPS) is 31.8. The second-order valence-corrected chi connectivity index (χ2v) is 9.96. The number of anilines is 1. The lowest BCUT2D eigenvalue weighted by atomic mass is 9.76. The van der Waals surface area contributed by atoms with Gasteiger partial charge in [0.05, 0.1) is 11.8 Å². The zero-order valence-corrected chi connectivity index (χ0v) is 17.6. The van der Waals surface area contributed by atoms with Crippen molar-refractivity contribution in [2.24, 2.45) is 17.8 Å². The standard InChI is InChI=1S/C21H26ClN3O3/c1-10(2)8-14-15-16(18(27)25(17(15)26)20(3,4)5)21(24-14)12-9-11(22)6-7-13(12)23-19(21)28/h6-7,9-10,14-16,24H,8H2,1-5H3,(H,23,28)/t14-,15-,16+,21+/m1/s1. The van der Waals surface area contributed by atoms with E-state index in [-0.39, 0.29) is 23.8 Å². The minimum absolute atomic E-state index is 0.194. The number of nitrogens with one attached hydrogen (secondary N) is 2. The van der Waals surface area contributed by atoms with Crippen molar-refractivity contribution in [3.8, 4) is 0 Å². The van der Waals surface area contributed by atoms with E-state index in [1.54, 1.807) is 18.2 Å². The molecule has 7 heteroatoms. The van der Waals surface area contributed by atoms with Gasteiger partial charge in [-0.3, -0.25) is 24.6 Å². The first kappa shape index (κ1) is 19.4. The van der Waals surface area contributed by atoms with E-state index in [9.17, 15) is 14.4 Å². The topological polar surface area (TPSA) is 78.5 Å². The Balaban J connectivity index is 1.91. The third kappa shape index (κ3) is 2.47. The van der Waals surface area contributed by atoms with Gasteiger partial charge in [-0.25, -0.2) is 0 Å². The molecule has 0 aromatic heterocycles. The van der Waals surface area contributed by atoms with Crippen LogP contribution < -0.4 is 10.6 Å². The Morgan fingerprint density at radius 1 is 1.18 bits per heavy atom. The fourth-order valence-electron chi connectivity index (χ4n) is 5.15. The van der Waals surface area contributed by atoms with E-state index in [1.807, 2.05) is 20.8 Å². The monoisotopic (exact) mass is 403 g/mol. The highest BCUT2D eigenvalue weighted by atomic mass is 35.5. The van der Waals surface area contributed by atoms with Crippen LogP contribution in [0, 0.1) is 17.8 Å². The van der Waals surface area contributed by atoms with Gasteiger partial charge in [-0.1, -0.05) is 25.4 Å². The number of rotatable bonds is 2. The van der Waals surface area contributed by atoms with Crippen LogP contribution in [0.2, 0.25) is 5.02 Å². The first-order valence-electron chi connectivity index (χ1n) is 9.75. The lowest BCUT2D eigenvalue weighted by Crippen LogP contribution is -2.55. The van der Waals surface area contributed by atoms with Crippen LogP contribution in [0.1, 0.15) is 46.6 Å². The second-order valence-electron chi connectivity index (χ2n) is 9.52. The van der Waals surface area contributed by atoms with Crippen LogP contribution in [-0.4, -0.2) is 34.2 Å². The quantitative estimate of drug-likeness (QED) is 0.744. The number of likely N-dealkylation sites (tertiary alicyclic amines) is 1. The summed E-state index contributed by atoms with van der Waals surface area (Å²) in [6, 6.07) is 4.93. The van der Waals surface area contributed by atoms with Crippen molar-refractivity contribution in [1.82, 2.24) is 10.2 Å². The summed E-state index contributed by atoms with van der Waals surface area (Å²) < 4.78 is 0. The average Bonchev–Trinajstić information content (AvgIpc) is 3.12. The lowest BCUT2D eigenvalue weighted by Gasteiger charge is -2.34. The van der Waals surface area contributed by atoms with Gasteiger partial charge < -0.3 is 5.32 Å². The zero-order valence-electron chi connectivity index (χ0n) is 16.8. The molecule has 6 nitrogen and oxygen atoms in total. The van der Waals surface area contributed by atoms with Crippen molar-refractivity contribution in [3.63, 3.8) is 0 Å². The van der Waals surface area contributed by atoms with Gasteiger partial charge in [0.1, 0.15) is 5.54 Å². The molecular weight excluding hydrogens is 378 g/mol. The molecule has 4 atom stereocenters. The van der Waals surface area contributed by atoms with Gasteiger partial charge >= 0.3 is 0 Å². The lowest BCUT2D eigenvalue weighted by molar-refractivity contribution is -0.147. The molecule has 0 saturated carbocycles. The number of halogens is 1. The first-order chi connectivity index (χ1) is 13.0. The predicted octanol–water partition coefficient (Wildman–Crippen LogP) is 2.91. The molecule has 1 aromatic carbocycles. The Bertz CT molecular complexity index is 891. The van der Waals surface area contributed by atoms with Crippen LogP contribution >= 0.6 is 11.6 Å². The van der Waals surface area contributed by atoms with E-state index >= 15 is 0 Å². The van der Waals surface area contributed by atoms with Gasteiger partial charge in [0.15, 0.2) is 0 Å². The Kier molecular flexibility index (Phi) is 4.18. The van der Waals surface area contributed by atoms with Crippen LogP contribution in [0.25, 0.3) is 0 Å². The minimum Gasteiger partial charge on any atom is -0.324 e. The number of benzene rings is 1. The van der Waals surface area contributed by atoms with Gasteiger partial charge in [0, 0.05) is 27.9 Å². The molecule has 2 N–H and O–H groups in total. The van der Waals surface area contributed by atoms with Crippen molar-refractivity contribution in [2.75, 3.05) is 5.32 Å². The number of imide groups is 1. The van der Waals surface area contributed by atoms with Gasteiger partial charge in [-0.15, -0.1) is 0 Å². The summed E-state index contributed by atoms with van der Waals surface area (Å²) in [4.78, 5) is 41.5. The second kappa shape index (κ2) is 6.04. The van der Waals surface area contributed by atoms with E-state index in [0.717, 1.165) is 0 Å². The maximum atomic E-state index is 13.5. The molecule has 1 spiro atoms. The molecule has 0 aliphatic carbocycles. The summed E-state index contributed by atoms with van der Waals surface area (Å²) in [5, 5.41) is 6.81. The highest BCUT2D eigenvalue weighted by Crippen LogP contribution is 2.54. The van der Waals surface area contributed by atoms with Crippen LogP contribution in [0.4, 0.5) is 5.69 Å². The molecule has 28 heavy (non-hydrogen) atoms. The summed E-state index contributed by atoms with van der Waals surface area (Å²) in [6.45, 7) is 9.69. The molecule has 3 aliphatic rings. The van der Waals surface area contributed by atoms with Crippen molar-refractivity contribution in [3.05, 3.63) is 28.8 Å². The molecule has 3 heterocycles. The number of hydrogen-bond acceptors (Lipinski definition) is 4. The van der Waals surface area contributed by atoms with E-state index in [0.29, 0.717) is 28.6 Å². The number of hydrogen-bond donors (Lipinski definition) is 2. The molecule has 1 aromatic rings. The summed E-state index contributed by atoms with van der Waals surface area (Å²) >= 11 is 6.23. The fraction of sp³-hybridized carbons (Fsp3) is 0.571. The molecule has 3 aliphatic heterocycles. The fourth-order valence-corrected chi connectivity index (χ4v) is 5.32. The summed E-state index contributed by atoms with van der Waals surface area (Å²) in [7, 11) is 0. The number of nitrogens with zero attached hydrogens (tertiary/aromatic N) is 1. The third-order valence-corrected chi connectivity index (χ3v) is 6.31. The van der Waals surface area contributed by atoms with Gasteiger partial charge in [-0.2, -0.15) is 0 Å². The number of carbonyl (C=O) groups excluding carboxylic acids is 3. The van der Waals surface area contributed by atoms with Crippen molar-refractivity contribution >= 4 is 35.0 Å². The molecule has 2 fully saturated rings. The number of fused-ring (bicyclic) bond motifs is 4. The predicted molar refractivity (Wildman–Crippen MR) is 107 cm³/mol. The molecule has 0 radical (unpaired) electrons. The molecule has 3 amide bonds. The Morgan fingerprint density at radius 2 is 1.86 bits per heavy atom. The summed E-state index contributed by atoms with van der Waals surface area (Å²) in [5.74, 6) is -1.80. The molecule has 4 rings (SSSR count). The zero-order chi connectivity index (χ0) is 20.6. The largest absolute Gasteiger partial charge is 0.324 e. The van der Waals surface area contributed by atoms with Gasteiger partial charge in [0.25, 0.3) is 0 Å². The van der Waals surface area contributed by atoms with Crippen molar-refractivity contribution in [1.29, 1.82) is 0 Å². The Labute approximate surface area is 170 Å². The smallest absolute Gasteiger partial charge is 0.250 e. The van der Waals surface area contributed by atoms with Gasteiger partial charge in [0.2, 0.25) is 17.7 Å². The van der Waals surface area contributed by atoms with Crippen molar-refractivity contribution in [2.45, 2.75) is 58.2 Å². The molecule has 0 bridgehead atoms. The van der Waals surface area contributed by atoms with Crippen LogP contribution in [-0.2, 0) is 19.9 Å². The molecule has 150 valence electrons.